The monoisotopic (exact) mass is 453 g/mol. The third-order valence-corrected chi connectivity index (χ3v) is 6.67. The zero-order valence-corrected chi connectivity index (χ0v) is 19.9. The van der Waals surface area contributed by atoms with Crippen molar-refractivity contribution in [1.82, 2.24) is 9.55 Å². The van der Waals surface area contributed by atoms with E-state index >= 15 is 0 Å². The molecular weight excluding hydrogens is 422 g/mol. The van der Waals surface area contributed by atoms with E-state index in [0.29, 0.717) is 19.6 Å². The molecule has 5 rings (SSSR count). The highest BCUT2D eigenvalue weighted by Gasteiger charge is 2.35. The van der Waals surface area contributed by atoms with Crippen molar-refractivity contribution in [2.45, 2.75) is 45.6 Å². The van der Waals surface area contributed by atoms with Crippen molar-refractivity contribution in [2.75, 3.05) is 18.1 Å². The lowest BCUT2D eigenvalue weighted by molar-refractivity contribution is -0.117. The van der Waals surface area contributed by atoms with Crippen molar-refractivity contribution in [2.24, 2.45) is 0 Å². The molecule has 0 unspecified atom stereocenters. The number of hydrogen-bond donors (Lipinski definition) is 0. The topological polar surface area (TPSA) is 47.4 Å². The number of amides is 1. The molecule has 1 aliphatic rings. The molecule has 0 spiro atoms. The Kier molecular flexibility index (Phi) is 6.35. The third kappa shape index (κ3) is 4.43. The van der Waals surface area contributed by atoms with Gasteiger partial charge in [0.1, 0.15) is 11.6 Å². The molecule has 0 aliphatic carbocycles. The number of nitrogens with zero attached hydrogens (tertiary/aromatic N) is 3. The van der Waals surface area contributed by atoms with Gasteiger partial charge in [0.15, 0.2) is 0 Å². The van der Waals surface area contributed by atoms with E-state index in [0.717, 1.165) is 58.8 Å². The van der Waals surface area contributed by atoms with Gasteiger partial charge in [0.05, 0.1) is 17.6 Å². The molecule has 2 heterocycles. The Labute approximate surface area is 201 Å². The smallest absolute Gasteiger partial charge is 0.227 e. The Hall–Kier alpha value is -3.60. The summed E-state index contributed by atoms with van der Waals surface area (Å²) in [5, 5.41) is 0. The van der Waals surface area contributed by atoms with Crippen LogP contribution in [0.1, 0.15) is 42.1 Å². The summed E-state index contributed by atoms with van der Waals surface area (Å²) in [6.45, 7) is 6.38. The molecule has 1 aliphatic heterocycles. The summed E-state index contributed by atoms with van der Waals surface area (Å²) < 4.78 is 8.19. The molecular formula is C29H31N3O2. The molecule has 1 aromatic heterocycles. The summed E-state index contributed by atoms with van der Waals surface area (Å²) in [4.78, 5) is 20.1. The lowest BCUT2D eigenvalue weighted by Crippen LogP contribution is -2.26. The summed E-state index contributed by atoms with van der Waals surface area (Å²) in [7, 11) is 0. The Balaban J connectivity index is 1.33. The fourth-order valence-electron chi connectivity index (χ4n) is 5.05. The highest BCUT2D eigenvalue weighted by Crippen LogP contribution is 2.36. The van der Waals surface area contributed by atoms with Gasteiger partial charge in [-0.3, -0.25) is 4.79 Å². The van der Waals surface area contributed by atoms with E-state index in [2.05, 4.69) is 48.7 Å². The van der Waals surface area contributed by atoms with E-state index in [-0.39, 0.29) is 11.8 Å². The number of rotatable bonds is 8. The Morgan fingerprint density at radius 3 is 2.44 bits per heavy atom. The Morgan fingerprint density at radius 2 is 1.65 bits per heavy atom. The molecule has 5 nitrogen and oxygen atoms in total. The number of anilines is 1. The van der Waals surface area contributed by atoms with Gasteiger partial charge < -0.3 is 14.2 Å². The van der Waals surface area contributed by atoms with Crippen LogP contribution in [-0.2, 0) is 11.3 Å². The molecule has 0 radical (unpaired) electrons. The van der Waals surface area contributed by atoms with Gasteiger partial charge in [0.25, 0.3) is 0 Å². The molecule has 0 saturated carbocycles. The van der Waals surface area contributed by atoms with Crippen molar-refractivity contribution in [1.29, 1.82) is 0 Å². The molecule has 174 valence electrons. The number of fused-ring (bicyclic) bond motifs is 1. The van der Waals surface area contributed by atoms with E-state index in [4.69, 9.17) is 9.72 Å². The molecule has 34 heavy (non-hydrogen) atoms. The SMILES string of the molecule is Cc1cccc(C)c1N1C[C@H](c2nc3ccccc3n2CCCCOc2ccccc2)CC1=O. The maximum atomic E-state index is 13.1. The number of benzene rings is 3. The van der Waals surface area contributed by atoms with E-state index < -0.39 is 0 Å². The Morgan fingerprint density at radius 1 is 0.912 bits per heavy atom. The highest BCUT2D eigenvalue weighted by molar-refractivity contribution is 5.98. The van der Waals surface area contributed by atoms with Crippen LogP contribution in [0.3, 0.4) is 0 Å². The number of ether oxygens (including phenoxy) is 1. The van der Waals surface area contributed by atoms with Gasteiger partial charge >= 0.3 is 0 Å². The van der Waals surface area contributed by atoms with Crippen molar-refractivity contribution in [3.63, 3.8) is 0 Å². The summed E-state index contributed by atoms with van der Waals surface area (Å²) in [6, 6.07) is 24.4. The van der Waals surface area contributed by atoms with Crippen LogP contribution in [0.5, 0.6) is 5.75 Å². The number of hydrogen-bond acceptors (Lipinski definition) is 3. The number of aromatic nitrogens is 2. The van der Waals surface area contributed by atoms with Crippen molar-refractivity contribution in [3.8, 4) is 5.75 Å². The quantitative estimate of drug-likeness (QED) is 0.306. The zero-order valence-electron chi connectivity index (χ0n) is 19.9. The summed E-state index contributed by atoms with van der Waals surface area (Å²) in [5.41, 5.74) is 5.47. The number of aryl methyl sites for hydroxylation is 3. The fourth-order valence-corrected chi connectivity index (χ4v) is 5.05. The molecule has 4 aromatic rings. The lowest BCUT2D eigenvalue weighted by Gasteiger charge is -2.21. The van der Waals surface area contributed by atoms with Gasteiger partial charge in [-0.05, 0) is 62.1 Å². The van der Waals surface area contributed by atoms with Gasteiger partial charge in [-0.25, -0.2) is 4.98 Å². The minimum absolute atomic E-state index is 0.0828. The average Bonchev–Trinajstić information content (AvgIpc) is 3.40. The largest absolute Gasteiger partial charge is 0.494 e. The van der Waals surface area contributed by atoms with E-state index in [1.807, 2.05) is 47.4 Å². The van der Waals surface area contributed by atoms with Crippen LogP contribution < -0.4 is 9.64 Å². The van der Waals surface area contributed by atoms with Gasteiger partial charge in [0.2, 0.25) is 5.91 Å². The summed E-state index contributed by atoms with van der Waals surface area (Å²) in [5.74, 6) is 2.19. The molecule has 1 atom stereocenters. The molecule has 3 aromatic carbocycles. The zero-order chi connectivity index (χ0) is 23.5. The first-order valence-corrected chi connectivity index (χ1v) is 12.1. The molecule has 0 bridgehead atoms. The number of imidazole rings is 1. The first-order valence-electron chi connectivity index (χ1n) is 12.1. The average molecular weight is 454 g/mol. The maximum Gasteiger partial charge on any atom is 0.227 e. The Bertz CT molecular complexity index is 1280. The van der Waals surface area contributed by atoms with Gasteiger partial charge in [-0.2, -0.15) is 0 Å². The van der Waals surface area contributed by atoms with Crippen LogP contribution in [0.25, 0.3) is 11.0 Å². The van der Waals surface area contributed by atoms with Crippen molar-refractivity contribution < 1.29 is 9.53 Å². The predicted octanol–water partition coefficient (Wildman–Crippen LogP) is 6.03. The van der Waals surface area contributed by atoms with Crippen LogP contribution in [0.4, 0.5) is 5.69 Å². The second-order valence-corrected chi connectivity index (χ2v) is 9.12. The number of carbonyl (C=O) groups is 1. The normalized spacial score (nSPS) is 15.9. The lowest BCUT2D eigenvalue weighted by atomic mass is 10.1. The van der Waals surface area contributed by atoms with Gasteiger partial charge in [-0.1, -0.05) is 48.5 Å². The fraction of sp³-hybridized carbons (Fsp3) is 0.310. The maximum absolute atomic E-state index is 13.1. The van der Waals surface area contributed by atoms with Gasteiger partial charge in [0, 0.05) is 31.1 Å². The minimum Gasteiger partial charge on any atom is -0.494 e. The van der Waals surface area contributed by atoms with E-state index in [1.54, 1.807) is 0 Å². The second kappa shape index (κ2) is 9.72. The van der Waals surface area contributed by atoms with Crippen LogP contribution in [0.2, 0.25) is 0 Å². The third-order valence-electron chi connectivity index (χ3n) is 6.67. The first-order chi connectivity index (χ1) is 16.6. The summed E-state index contributed by atoms with van der Waals surface area (Å²) >= 11 is 0. The van der Waals surface area contributed by atoms with Crippen LogP contribution in [0, 0.1) is 13.8 Å². The van der Waals surface area contributed by atoms with Crippen molar-refractivity contribution in [3.05, 3.63) is 89.7 Å². The molecule has 0 N–H and O–H groups in total. The second-order valence-electron chi connectivity index (χ2n) is 9.12. The molecule has 1 fully saturated rings. The number of carbonyl (C=O) groups excluding carboxylic acids is 1. The standard InChI is InChI=1S/C29H31N3O2/c1-21-11-10-12-22(2)28(21)32-20-23(19-27(32)33)29-30-25-15-6-7-16-26(25)31(29)17-8-9-18-34-24-13-4-3-5-14-24/h3-7,10-16,23H,8-9,17-20H2,1-2H3/t23-/m1/s1. The highest BCUT2D eigenvalue weighted by atomic mass is 16.5. The molecule has 1 saturated heterocycles. The van der Waals surface area contributed by atoms with Crippen LogP contribution in [0.15, 0.2) is 72.8 Å². The van der Waals surface area contributed by atoms with Crippen molar-refractivity contribution >= 4 is 22.6 Å². The van der Waals surface area contributed by atoms with E-state index in [1.165, 1.54) is 0 Å². The summed E-state index contributed by atoms with van der Waals surface area (Å²) in [6.07, 6.45) is 2.44. The van der Waals surface area contributed by atoms with Crippen LogP contribution in [-0.4, -0.2) is 28.6 Å². The van der Waals surface area contributed by atoms with Gasteiger partial charge in [-0.15, -0.1) is 0 Å². The predicted molar refractivity (Wildman–Crippen MR) is 137 cm³/mol. The minimum atomic E-state index is 0.0828. The molecule has 1 amide bonds. The molecule has 5 heteroatoms. The number of unbranched alkanes of at least 4 members (excludes halogenated alkanes) is 1. The first kappa shape index (κ1) is 22.2. The van der Waals surface area contributed by atoms with Crippen LogP contribution >= 0.6 is 0 Å². The number of para-hydroxylation sites is 4. The van der Waals surface area contributed by atoms with E-state index in [9.17, 15) is 4.79 Å².